The van der Waals surface area contributed by atoms with Crippen molar-refractivity contribution in [2.24, 2.45) is 5.92 Å². The van der Waals surface area contributed by atoms with E-state index in [4.69, 9.17) is 4.74 Å². The van der Waals surface area contributed by atoms with E-state index in [1.165, 1.54) is 18.3 Å². The van der Waals surface area contributed by atoms with Gasteiger partial charge < -0.3 is 10.1 Å². The second-order valence-corrected chi connectivity index (χ2v) is 5.20. The maximum absolute atomic E-state index is 11.7. The van der Waals surface area contributed by atoms with Crippen LogP contribution >= 0.6 is 0 Å². The van der Waals surface area contributed by atoms with E-state index in [9.17, 15) is 4.79 Å². The number of carbonyl (C=O) groups is 1. The highest BCUT2D eigenvalue weighted by atomic mass is 16.5. The van der Waals surface area contributed by atoms with E-state index in [1.807, 2.05) is 24.4 Å². The number of esters is 1. The number of anilines is 1. The summed E-state index contributed by atoms with van der Waals surface area (Å²) in [6, 6.07) is 7.39. The molecule has 1 aromatic rings. The number of rotatable bonds is 3. The fourth-order valence-electron chi connectivity index (χ4n) is 2.46. The van der Waals surface area contributed by atoms with Gasteiger partial charge in [-0.05, 0) is 43.4 Å². The molecule has 0 aliphatic heterocycles. The van der Waals surface area contributed by atoms with Crippen molar-refractivity contribution in [1.82, 2.24) is 0 Å². The third-order valence-electron chi connectivity index (χ3n) is 3.67. The van der Waals surface area contributed by atoms with Crippen molar-refractivity contribution in [3.05, 3.63) is 53.3 Å². The fourth-order valence-corrected chi connectivity index (χ4v) is 2.46. The first-order chi connectivity index (χ1) is 9.61. The van der Waals surface area contributed by atoms with Crippen molar-refractivity contribution in [2.75, 3.05) is 12.4 Å². The zero-order valence-corrected chi connectivity index (χ0v) is 12.3. The molecule has 1 atom stereocenters. The first-order valence-electron chi connectivity index (χ1n) is 6.92. The quantitative estimate of drug-likeness (QED) is 0.663. The standard InChI is InChI=1S/C17H21NO2/c1-12-8-9-14(13(2)10-12)11-18-16-7-5-4-6-15(16)17(19)20-3/h4-7,10-11,13,18H,8-9H2,1-3H3. The van der Waals surface area contributed by atoms with Gasteiger partial charge in [0.25, 0.3) is 0 Å². The maximum Gasteiger partial charge on any atom is 0.339 e. The molecule has 1 N–H and O–H groups in total. The molecule has 0 amide bonds. The number of hydrogen-bond donors (Lipinski definition) is 1. The van der Waals surface area contributed by atoms with Crippen LogP contribution in [0.15, 0.2) is 47.7 Å². The highest BCUT2D eigenvalue weighted by Crippen LogP contribution is 2.28. The van der Waals surface area contributed by atoms with Gasteiger partial charge in [-0.1, -0.05) is 30.7 Å². The molecule has 1 aromatic carbocycles. The lowest BCUT2D eigenvalue weighted by Gasteiger charge is -2.20. The number of allylic oxidation sites excluding steroid dienone is 3. The zero-order chi connectivity index (χ0) is 14.5. The monoisotopic (exact) mass is 271 g/mol. The van der Waals surface area contributed by atoms with Crippen molar-refractivity contribution in [3.63, 3.8) is 0 Å². The Hall–Kier alpha value is -2.03. The van der Waals surface area contributed by atoms with E-state index in [0.717, 1.165) is 18.5 Å². The summed E-state index contributed by atoms with van der Waals surface area (Å²) in [5, 5.41) is 3.25. The van der Waals surface area contributed by atoms with E-state index >= 15 is 0 Å². The Bertz CT molecular complexity index is 558. The van der Waals surface area contributed by atoms with Crippen LogP contribution in [0.5, 0.6) is 0 Å². The third kappa shape index (κ3) is 3.29. The first-order valence-corrected chi connectivity index (χ1v) is 6.92. The molecule has 3 heteroatoms. The van der Waals surface area contributed by atoms with Gasteiger partial charge in [-0.3, -0.25) is 0 Å². The summed E-state index contributed by atoms with van der Waals surface area (Å²) in [5.74, 6) is 0.125. The average molecular weight is 271 g/mol. The van der Waals surface area contributed by atoms with Crippen LogP contribution in [0.2, 0.25) is 0 Å². The van der Waals surface area contributed by atoms with Gasteiger partial charge >= 0.3 is 5.97 Å². The van der Waals surface area contributed by atoms with Gasteiger partial charge in [0, 0.05) is 6.20 Å². The summed E-state index contributed by atoms with van der Waals surface area (Å²) in [6.07, 6.45) is 6.49. The highest BCUT2D eigenvalue weighted by Gasteiger charge is 2.14. The summed E-state index contributed by atoms with van der Waals surface area (Å²) < 4.78 is 4.79. The molecule has 0 aromatic heterocycles. The second kappa shape index (κ2) is 6.42. The fraction of sp³-hybridized carbons (Fsp3) is 0.353. The van der Waals surface area contributed by atoms with Crippen LogP contribution in [-0.4, -0.2) is 13.1 Å². The molecule has 1 unspecified atom stereocenters. The molecule has 106 valence electrons. The Morgan fingerprint density at radius 1 is 1.35 bits per heavy atom. The maximum atomic E-state index is 11.7. The minimum absolute atomic E-state index is 0.320. The molecule has 1 aliphatic rings. The molecule has 2 rings (SSSR count). The Labute approximate surface area is 120 Å². The summed E-state index contributed by atoms with van der Waals surface area (Å²) in [4.78, 5) is 11.7. The van der Waals surface area contributed by atoms with Gasteiger partial charge in [0.05, 0.1) is 18.4 Å². The van der Waals surface area contributed by atoms with Crippen molar-refractivity contribution in [2.45, 2.75) is 26.7 Å². The number of nitrogens with one attached hydrogen (secondary N) is 1. The molecule has 0 radical (unpaired) electrons. The molecule has 0 fully saturated rings. The van der Waals surface area contributed by atoms with E-state index in [-0.39, 0.29) is 5.97 Å². The summed E-state index contributed by atoms with van der Waals surface area (Å²) in [7, 11) is 1.40. The Kier molecular flexibility index (Phi) is 4.61. The van der Waals surface area contributed by atoms with Crippen LogP contribution in [0, 0.1) is 5.92 Å². The predicted octanol–water partition coefficient (Wildman–Crippen LogP) is 4.15. The van der Waals surface area contributed by atoms with Gasteiger partial charge in [-0.25, -0.2) is 4.79 Å². The summed E-state index contributed by atoms with van der Waals surface area (Å²) in [6.45, 7) is 4.37. The number of methoxy groups -OCH3 is 1. The molecular formula is C17H21NO2. The molecule has 0 bridgehead atoms. The molecule has 0 saturated carbocycles. The Balaban J connectivity index is 2.17. The molecule has 3 nitrogen and oxygen atoms in total. The van der Waals surface area contributed by atoms with Gasteiger partial charge in [0.2, 0.25) is 0 Å². The van der Waals surface area contributed by atoms with Crippen LogP contribution in [0.25, 0.3) is 0 Å². The predicted molar refractivity (Wildman–Crippen MR) is 81.6 cm³/mol. The minimum atomic E-state index is -0.320. The second-order valence-electron chi connectivity index (χ2n) is 5.20. The number of ether oxygens (including phenoxy) is 1. The average Bonchev–Trinajstić information content (AvgIpc) is 2.46. The Morgan fingerprint density at radius 3 is 2.80 bits per heavy atom. The highest BCUT2D eigenvalue weighted by molar-refractivity contribution is 5.95. The van der Waals surface area contributed by atoms with Crippen molar-refractivity contribution in [1.29, 1.82) is 0 Å². The molecular weight excluding hydrogens is 250 g/mol. The van der Waals surface area contributed by atoms with Crippen molar-refractivity contribution >= 4 is 11.7 Å². The van der Waals surface area contributed by atoms with Gasteiger partial charge in [-0.15, -0.1) is 0 Å². The van der Waals surface area contributed by atoms with Gasteiger partial charge in [0.1, 0.15) is 0 Å². The van der Waals surface area contributed by atoms with E-state index in [2.05, 4.69) is 25.2 Å². The van der Waals surface area contributed by atoms with Gasteiger partial charge in [0.15, 0.2) is 0 Å². The zero-order valence-electron chi connectivity index (χ0n) is 12.3. The number of hydrogen-bond acceptors (Lipinski definition) is 3. The van der Waals surface area contributed by atoms with E-state index in [0.29, 0.717) is 11.5 Å². The van der Waals surface area contributed by atoms with Crippen LogP contribution in [-0.2, 0) is 4.74 Å². The molecule has 0 heterocycles. The smallest absolute Gasteiger partial charge is 0.339 e. The number of carbonyl (C=O) groups excluding carboxylic acids is 1. The van der Waals surface area contributed by atoms with Crippen LogP contribution in [0.4, 0.5) is 5.69 Å². The topological polar surface area (TPSA) is 38.3 Å². The van der Waals surface area contributed by atoms with Crippen LogP contribution in [0.1, 0.15) is 37.0 Å². The summed E-state index contributed by atoms with van der Waals surface area (Å²) >= 11 is 0. The minimum Gasteiger partial charge on any atom is -0.465 e. The van der Waals surface area contributed by atoms with Crippen LogP contribution in [0.3, 0.4) is 0 Å². The molecule has 0 spiro atoms. The molecule has 0 saturated heterocycles. The third-order valence-corrected chi connectivity index (χ3v) is 3.67. The molecule has 1 aliphatic carbocycles. The normalized spacial score (nSPS) is 20.4. The lowest BCUT2D eigenvalue weighted by atomic mass is 9.88. The first kappa shape index (κ1) is 14.4. The lowest BCUT2D eigenvalue weighted by molar-refractivity contribution is 0.0602. The molecule has 20 heavy (non-hydrogen) atoms. The lowest BCUT2D eigenvalue weighted by Crippen LogP contribution is -2.08. The SMILES string of the molecule is COC(=O)c1ccccc1NC=C1CCC(C)=CC1C. The number of benzene rings is 1. The van der Waals surface area contributed by atoms with Crippen molar-refractivity contribution < 1.29 is 9.53 Å². The summed E-state index contributed by atoms with van der Waals surface area (Å²) in [5.41, 5.74) is 4.15. The van der Waals surface area contributed by atoms with Crippen LogP contribution < -0.4 is 5.32 Å². The van der Waals surface area contributed by atoms with E-state index < -0.39 is 0 Å². The van der Waals surface area contributed by atoms with Gasteiger partial charge in [-0.2, -0.15) is 0 Å². The number of para-hydroxylation sites is 1. The van der Waals surface area contributed by atoms with Crippen molar-refractivity contribution in [3.8, 4) is 0 Å². The largest absolute Gasteiger partial charge is 0.465 e. The Morgan fingerprint density at radius 2 is 2.10 bits per heavy atom. The van der Waals surface area contributed by atoms with E-state index in [1.54, 1.807) is 6.07 Å².